The first kappa shape index (κ1) is 18.9. The van der Waals surface area contributed by atoms with E-state index in [4.69, 9.17) is 11.5 Å². The predicted octanol–water partition coefficient (Wildman–Crippen LogP) is 4.32. The van der Waals surface area contributed by atoms with Gasteiger partial charge in [0.05, 0.1) is 0 Å². The highest BCUT2D eigenvalue weighted by Gasteiger charge is 2.50. The van der Waals surface area contributed by atoms with Gasteiger partial charge >= 0.3 is 0 Å². The molecular weight excluding hydrogens is 232 g/mol. The standard InChI is InChI=1S/C17H38N2/c1-13(2,11-15(5,6)18)17(9,10)14(3,4)12-16(7,8)19/h11-12,18-19H2,1-10H3. The molecular formula is C17H38N2. The fourth-order valence-corrected chi connectivity index (χ4v) is 3.64. The molecule has 2 heteroatoms. The van der Waals surface area contributed by atoms with E-state index in [1.165, 1.54) is 0 Å². The SMILES string of the molecule is CC(C)(N)CC(C)(C)C(C)(C)C(C)(C)CC(C)(C)N. The first-order valence-electron chi connectivity index (χ1n) is 7.49. The van der Waals surface area contributed by atoms with Crippen LogP contribution in [0.25, 0.3) is 0 Å². The van der Waals surface area contributed by atoms with E-state index >= 15 is 0 Å². The van der Waals surface area contributed by atoms with Crippen molar-refractivity contribution in [1.82, 2.24) is 0 Å². The lowest BCUT2D eigenvalue weighted by molar-refractivity contribution is -0.0481. The normalized spacial score (nSPS) is 15.8. The van der Waals surface area contributed by atoms with Crippen molar-refractivity contribution < 1.29 is 0 Å². The molecule has 19 heavy (non-hydrogen) atoms. The summed E-state index contributed by atoms with van der Waals surface area (Å²) in [5, 5.41) is 0. The maximum atomic E-state index is 6.26. The van der Waals surface area contributed by atoms with E-state index in [0.29, 0.717) is 0 Å². The Morgan fingerprint density at radius 3 is 0.895 bits per heavy atom. The van der Waals surface area contributed by atoms with Crippen LogP contribution in [0.4, 0.5) is 0 Å². The zero-order valence-corrected chi connectivity index (χ0v) is 15.1. The molecule has 0 aromatic rings. The van der Waals surface area contributed by atoms with Crippen molar-refractivity contribution in [3.05, 3.63) is 0 Å². The predicted molar refractivity (Wildman–Crippen MR) is 87.1 cm³/mol. The molecule has 0 radical (unpaired) electrons. The fraction of sp³-hybridized carbons (Fsp3) is 1.00. The average Bonchev–Trinajstić information content (AvgIpc) is 1.92. The summed E-state index contributed by atoms with van der Waals surface area (Å²) in [6, 6.07) is 0. The first-order valence-corrected chi connectivity index (χ1v) is 7.49. The molecule has 0 aliphatic carbocycles. The lowest BCUT2D eigenvalue weighted by Crippen LogP contribution is -2.52. The Balaban J connectivity index is 5.34. The zero-order chi connectivity index (χ0) is 15.9. The molecule has 2 nitrogen and oxygen atoms in total. The molecule has 0 amide bonds. The molecule has 0 bridgehead atoms. The van der Waals surface area contributed by atoms with Gasteiger partial charge in [-0.3, -0.25) is 0 Å². The molecule has 0 aromatic heterocycles. The second-order valence-corrected chi connectivity index (χ2v) is 9.72. The van der Waals surface area contributed by atoms with Crippen LogP contribution in [0.3, 0.4) is 0 Å². The van der Waals surface area contributed by atoms with E-state index in [9.17, 15) is 0 Å². The molecule has 0 aromatic carbocycles. The van der Waals surface area contributed by atoms with Crippen LogP contribution in [-0.4, -0.2) is 11.1 Å². The Bertz CT molecular complexity index is 268. The minimum absolute atomic E-state index is 0.144. The molecule has 0 unspecified atom stereocenters. The van der Waals surface area contributed by atoms with Gasteiger partial charge < -0.3 is 11.5 Å². The van der Waals surface area contributed by atoms with Crippen LogP contribution in [0.2, 0.25) is 0 Å². The summed E-state index contributed by atoms with van der Waals surface area (Å²) >= 11 is 0. The van der Waals surface area contributed by atoms with E-state index in [1.54, 1.807) is 0 Å². The summed E-state index contributed by atoms with van der Waals surface area (Å²) in [7, 11) is 0. The molecule has 0 saturated heterocycles. The lowest BCUT2D eigenvalue weighted by atomic mass is 9.50. The highest BCUT2D eigenvalue weighted by Crippen LogP contribution is 2.56. The summed E-state index contributed by atoms with van der Waals surface area (Å²) in [5.41, 5.74) is 12.7. The van der Waals surface area contributed by atoms with Crippen LogP contribution < -0.4 is 11.5 Å². The van der Waals surface area contributed by atoms with Gasteiger partial charge in [-0.05, 0) is 56.8 Å². The fourth-order valence-electron chi connectivity index (χ4n) is 3.64. The monoisotopic (exact) mass is 270 g/mol. The number of nitrogens with two attached hydrogens (primary N) is 2. The molecule has 0 rings (SSSR count). The Kier molecular flexibility index (Phi) is 5.01. The highest BCUT2D eigenvalue weighted by molar-refractivity contribution is 5.01. The van der Waals surface area contributed by atoms with Crippen molar-refractivity contribution in [2.75, 3.05) is 0 Å². The van der Waals surface area contributed by atoms with Crippen LogP contribution in [0, 0.1) is 16.2 Å². The molecule has 0 spiro atoms. The Morgan fingerprint density at radius 1 is 0.526 bits per heavy atom. The van der Waals surface area contributed by atoms with Gasteiger partial charge in [0, 0.05) is 11.1 Å². The second-order valence-electron chi connectivity index (χ2n) is 9.72. The van der Waals surface area contributed by atoms with Gasteiger partial charge in [0.15, 0.2) is 0 Å². The minimum atomic E-state index is -0.144. The van der Waals surface area contributed by atoms with Gasteiger partial charge in [-0.1, -0.05) is 41.5 Å². The van der Waals surface area contributed by atoms with Crippen LogP contribution in [-0.2, 0) is 0 Å². The van der Waals surface area contributed by atoms with E-state index in [-0.39, 0.29) is 27.3 Å². The third-order valence-corrected chi connectivity index (χ3v) is 5.18. The summed E-state index contributed by atoms with van der Waals surface area (Å²) in [5.74, 6) is 0. The first-order chi connectivity index (χ1) is 7.91. The number of rotatable bonds is 6. The van der Waals surface area contributed by atoms with Gasteiger partial charge in [0.1, 0.15) is 0 Å². The van der Waals surface area contributed by atoms with Crippen molar-refractivity contribution in [3.63, 3.8) is 0 Å². The molecule has 116 valence electrons. The van der Waals surface area contributed by atoms with Gasteiger partial charge in [-0.25, -0.2) is 0 Å². The number of hydrogen-bond acceptors (Lipinski definition) is 2. The van der Waals surface area contributed by atoms with Crippen molar-refractivity contribution in [2.45, 2.75) is 93.2 Å². The minimum Gasteiger partial charge on any atom is -0.326 e. The van der Waals surface area contributed by atoms with E-state index in [0.717, 1.165) is 12.8 Å². The Morgan fingerprint density at radius 2 is 0.737 bits per heavy atom. The van der Waals surface area contributed by atoms with Crippen molar-refractivity contribution in [3.8, 4) is 0 Å². The third-order valence-electron chi connectivity index (χ3n) is 5.18. The maximum Gasteiger partial charge on any atom is 0.0102 e. The molecule has 0 aliphatic rings. The van der Waals surface area contributed by atoms with Crippen molar-refractivity contribution >= 4 is 0 Å². The van der Waals surface area contributed by atoms with Gasteiger partial charge in [-0.15, -0.1) is 0 Å². The lowest BCUT2D eigenvalue weighted by Gasteiger charge is -2.55. The van der Waals surface area contributed by atoms with E-state index in [1.807, 2.05) is 0 Å². The summed E-state index contributed by atoms with van der Waals surface area (Å²) < 4.78 is 0. The van der Waals surface area contributed by atoms with Gasteiger partial charge in [0.2, 0.25) is 0 Å². The molecule has 0 saturated carbocycles. The smallest absolute Gasteiger partial charge is 0.0102 e. The second kappa shape index (κ2) is 5.04. The maximum absolute atomic E-state index is 6.26. The average molecular weight is 271 g/mol. The summed E-state index contributed by atoms with van der Waals surface area (Å²) in [6.45, 7) is 22.6. The molecule has 4 N–H and O–H groups in total. The number of hydrogen-bond donors (Lipinski definition) is 2. The Hall–Kier alpha value is -0.0800. The molecule has 0 aliphatic heterocycles. The highest BCUT2D eigenvalue weighted by atomic mass is 14.7. The topological polar surface area (TPSA) is 52.0 Å². The van der Waals surface area contributed by atoms with Crippen LogP contribution in [0.5, 0.6) is 0 Å². The summed E-state index contributed by atoms with van der Waals surface area (Å²) in [6.07, 6.45) is 2.00. The van der Waals surface area contributed by atoms with Gasteiger partial charge in [0.25, 0.3) is 0 Å². The largest absolute Gasteiger partial charge is 0.326 e. The van der Waals surface area contributed by atoms with E-state index < -0.39 is 0 Å². The third kappa shape index (κ3) is 5.07. The van der Waals surface area contributed by atoms with Crippen molar-refractivity contribution in [2.24, 2.45) is 27.7 Å². The van der Waals surface area contributed by atoms with Crippen LogP contribution in [0.15, 0.2) is 0 Å². The van der Waals surface area contributed by atoms with Crippen LogP contribution >= 0.6 is 0 Å². The van der Waals surface area contributed by atoms with Crippen LogP contribution in [0.1, 0.15) is 82.1 Å². The van der Waals surface area contributed by atoms with Gasteiger partial charge in [-0.2, -0.15) is 0 Å². The van der Waals surface area contributed by atoms with Crippen molar-refractivity contribution in [1.29, 1.82) is 0 Å². The zero-order valence-electron chi connectivity index (χ0n) is 15.1. The van der Waals surface area contributed by atoms with E-state index in [2.05, 4.69) is 69.2 Å². The Labute approximate surface area is 121 Å². The quantitative estimate of drug-likeness (QED) is 0.755. The molecule has 0 atom stereocenters. The molecule has 0 heterocycles. The summed E-state index contributed by atoms with van der Waals surface area (Å²) in [4.78, 5) is 0. The molecule has 0 fully saturated rings.